The highest BCUT2D eigenvalue weighted by Gasteiger charge is 2.53. The van der Waals surface area contributed by atoms with E-state index in [0.29, 0.717) is 0 Å². The molecule has 0 fully saturated rings. The van der Waals surface area contributed by atoms with E-state index in [0.717, 1.165) is 28.4 Å². The van der Waals surface area contributed by atoms with E-state index in [1.165, 1.54) is 48.8 Å². The first-order chi connectivity index (χ1) is 20.7. The zero-order chi connectivity index (χ0) is 28.0. The summed E-state index contributed by atoms with van der Waals surface area (Å²) in [6, 6.07) is 49.2. The van der Waals surface area contributed by atoms with E-state index < -0.39 is 8.07 Å². The van der Waals surface area contributed by atoms with Gasteiger partial charge in [0.25, 0.3) is 0 Å². The molecule has 0 saturated carbocycles. The van der Waals surface area contributed by atoms with Crippen molar-refractivity contribution >= 4 is 51.6 Å². The molecule has 0 N–H and O–H groups in total. The van der Waals surface area contributed by atoms with E-state index in [1.54, 1.807) is 0 Å². The fraction of sp³-hybridized carbons (Fsp3) is 0.0526. The first-order valence-electron chi connectivity index (χ1n) is 14.5. The van der Waals surface area contributed by atoms with Crippen molar-refractivity contribution in [1.82, 2.24) is 0 Å². The van der Waals surface area contributed by atoms with Crippen LogP contribution in [-0.4, -0.2) is 22.2 Å². The fourth-order valence-electron chi connectivity index (χ4n) is 7.60. The Morgan fingerprint density at radius 1 is 0.429 bits per heavy atom. The lowest BCUT2D eigenvalue weighted by atomic mass is 10.0. The molecule has 4 heteroatoms. The van der Waals surface area contributed by atoms with Crippen LogP contribution in [0.2, 0.25) is 0 Å². The predicted molar refractivity (Wildman–Crippen MR) is 177 cm³/mol. The quantitative estimate of drug-likeness (QED) is 0.210. The van der Waals surface area contributed by atoms with Crippen molar-refractivity contribution in [1.29, 1.82) is 0 Å². The Morgan fingerprint density at radius 2 is 0.929 bits per heavy atom. The molecule has 3 aliphatic heterocycles. The zero-order valence-electron chi connectivity index (χ0n) is 23.5. The second kappa shape index (κ2) is 8.48. The van der Waals surface area contributed by atoms with Gasteiger partial charge in [-0.3, -0.25) is 0 Å². The van der Waals surface area contributed by atoms with Gasteiger partial charge in [-0.05, 0) is 79.4 Å². The molecule has 0 saturated heterocycles. The van der Waals surface area contributed by atoms with Gasteiger partial charge < -0.3 is 14.5 Å². The minimum atomic E-state index is -2.58. The van der Waals surface area contributed by atoms with Gasteiger partial charge in [-0.1, -0.05) is 97.1 Å². The number of hydrogen-bond acceptors (Lipinski definition) is 3. The molecule has 3 heterocycles. The largest absolute Gasteiger partial charge is 0.453 e. The third-order valence-corrected chi connectivity index (χ3v) is 14.4. The topological polar surface area (TPSA) is 15.7 Å². The average molecular weight is 557 g/mol. The lowest BCUT2D eigenvalue weighted by molar-refractivity contribution is 0.476. The predicted octanol–water partition coefficient (Wildman–Crippen LogP) is 6.67. The van der Waals surface area contributed by atoms with Gasteiger partial charge in [0, 0.05) is 25.5 Å². The van der Waals surface area contributed by atoms with Crippen molar-refractivity contribution in [3.63, 3.8) is 0 Å². The van der Waals surface area contributed by atoms with Crippen LogP contribution in [0.4, 0.5) is 22.7 Å². The Hall–Kier alpha value is -5.06. The average Bonchev–Trinajstić information content (AvgIpc) is 3.34. The molecule has 200 valence electrons. The van der Waals surface area contributed by atoms with Gasteiger partial charge in [0.15, 0.2) is 19.6 Å². The molecule has 6 aromatic carbocycles. The maximum Gasteiger partial charge on any atom is 0.185 e. The molecule has 1 spiro atoms. The monoisotopic (exact) mass is 556 g/mol. The lowest BCUT2D eigenvalue weighted by Gasteiger charge is -2.42. The Morgan fingerprint density at radius 3 is 1.67 bits per heavy atom. The van der Waals surface area contributed by atoms with Crippen molar-refractivity contribution in [3.05, 3.63) is 133 Å². The second-order valence-corrected chi connectivity index (χ2v) is 15.1. The van der Waals surface area contributed by atoms with Crippen molar-refractivity contribution in [2.75, 3.05) is 23.9 Å². The van der Waals surface area contributed by atoms with Gasteiger partial charge in [-0.15, -0.1) is 0 Å². The third kappa shape index (κ3) is 2.94. The van der Waals surface area contributed by atoms with Gasteiger partial charge in [0.2, 0.25) is 0 Å². The molecular formula is C38H28N2OSi. The number of hydrogen-bond donors (Lipinski definition) is 0. The number of nitrogens with zero attached hydrogens (tertiary/aromatic N) is 2. The summed E-state index contributed by atoms with van der Waals surface area (Å²) in [7, 11) is 1.74. The standard InChI is InChI=1S/C38H28N2OSi/c1-39-29-13-5-7-15-33(29)41-34-23-25(19-21-30(34)39)26-20-22-32-38(24-26)42(37-18-10-6-14-31(37)40(32)2)35-16-8-3-11-27(35)28-12-4-9-17-36(28)42/h3-24H,1-2H3. The fourth-order valence-corrected chi connectivity index (χ4v) is 13.3. The van der Waals surface area contributed by atoms with Crippen LogP contribution in [0, 0.1) is 0 Å². The Bertz CT molecular complexity index is 2040. The first-order valence-corrected chi connectivity index (χ1v) is 16.5. The van der Waals surface area contributed by atoms with E-state index in [4.69, 9.17) is 4.74 Å². The second-order valence-electron chi connectivity index (χ2n) is 11.5. The van der Waals surface area contributed by atoms with Gasteiger partial charge in [-0.2, -0.15) is 0 Å². The maximum atomic E-state index is 6.43. The molecule has 42 heavy (non-hydrogen) atoms. The molecule has 6 aromatic rings. The number of para-hydroxylation sites is 3. The summed E-state index contributed by atoms with van der Waals surface area (Å²) in [4.78, 5) is 4.60. The van der Waals surface area contributed by atoms with Crippen molar-refractivity contribution in [2.24, 2.45) is 0 Å². The summed E-state index contributed by atoms with van der Waals surface area (Å²) < 4.78 is 6.43. The van der Waals surface area contributed by atoms with E-state index in [9.17, 15) is 0 Å². The number of ether oxygens (including phenoxy) is 1. The van der Waals surface area contributed by atoms with Crippen molar-refractivity contribution in [2.45, 2.75) is 0 Å². The molecule has 0 radical (unpaired) electrons. The number of benzene rings is 6. The zero-order valence-corrected chi connectivity index (χ0v) is 24.5. The summed E-state index contributed by atoms with van der Waals surface area (Å²) in [5.74, 6) is 1.77. The number of fused-ring (bicyclic) bond motifs is 11. The Balaban J connectivity index is 1.29. The molecule has 0 aliphatic carbocycles. The lowest BCUT2D eigenvalue weighted by Crippen LogP contribution is -2.75. The Kier molecular flexibility index (Phi) is 4.77. The summed E-state index contributed by atoms with van der Waals surface area (Å²) in [6.45, 7) is 0. The highest BCUT2D eigenvalue weighted by atomic mass is 28.3. The molecule has 0 bridgehead atoms. The summed E-state index contributed by atoms with van der Waals surface area (Å²) in [6.07, 6.45) is 0. The van der Waals surface area contributed by atoms with Gasteiger partial charge in [-0.25, -0.2) is 0 Å². The first kappa shape index (κ1) is 23.6. The minimum Gasteiger partial charge on any atom is -0.453 e. The van der Waals surface area contributed by atoms with Crippen LogP contribution in [0.5, 0.6) is 11.5 Å². The van der Waals surface area contributed by atoms with Gasteiger partial charge in [0.1, 0.15) is 0 Å². The van der Waals surface area contributed by atoms with E-state index in [-0.39, 0.29) is 0 Å². The maximum absolute atomic E-state index is 6.43. The van der Waals surface area contributed by atoms with Crippen LogP contribution < -0.4 is 35.3 Å². The van der Waals surface area contributed by atoms with Crippen LogP contribution in [0.3, 0.4) is 0 Å². The molecule has 3 nitrogen and oxygen atoms in total. The molecular weight excluding hydrogens is 529 g/mol. The SMILES string of the molecule is CN1c2ccccc2Oc2cc(-c3ccc4c(c3)[Si]3(c5ccccc5-c5ccccc53)c3ccccc3N4C)ccc21. The summed E-state index contributed by atoms with van der Waals surface area (Å²) >= 11 is 0. The summed E-state index contributed by atoms with van der Waals surface area (Å²) in [5.41, 5.74) is 9.88. The van der Waals surface area contributed by atoms with Crippen LogP contribution in [0.1, 0.15) is 0 Å². The van der Waals surface area contributed by atoms with Crippen molar-refractivity contribution in [3.8, 4) is 33.8 Å². The Labute approximate surface area is 246 Å². The smallest absolute Gasteiger partial charge is 0.185 e. The highest BCUT2D eigenvalue weighted by molar-refractivity contribution is 7.23. The van der Waals surface area contributed by atoms with Crippen LogP contribution in [-0.2, 0) is 0 Å². The minimum absolute atomic E-state index is 0.886. The van der Waals surface area contributed by atoms with Crippen molar-refractivity contribution < 1.29 is 4.74 Å². The van der Waals surface area contributed by atoms with Gasteiger partial charge >= 0.3 is 0 Å². The third-order valence-electron chi connectivity index (χ3n) is 9.48. The normalized spacial score (nSPS) is 14.7. The van der Waals surface area contributed by atoms with Crippen LogP contribution in [0.25, 0.3) is 22.3 Å². The highest BCUT2D eigenvalue weighted by Crippen LogP contribution is 2.47. The van der Waals surface area contributed by atoms with E-state index in [1.807, 2.05) is 12.1 Å². The van der Waals surface area contributed by atoms with Crippen LogP contribution >= 0.6 is 0 Å². The molecule has 3 aliphatic rings. The molecule has 0 unspecified atom stereocenters. The number of anilines is 4. The molecule has 9 rings (SSSR count). The molecule has 0 atom stereocenters. The van der Waals surface area contributed by atoms with E-state index in [2.05, 4.69) is 145 Å². The molecule has 0 amide bonds. The van der Waals surface area contributed by atoms with Crippen LogP contribution in [0.15, 0.2) is 133 Å². The van der Waals surface area contributed by atoms with Gasteiger partial charge in [0.05, 0.1) is 11.4 Å². The molecule has 0 aromatic heterocycles. The summed E-state index contributed by atoms with van der Waals surface area (Å²) in [5, 5.41) is 5.87. The number of rotatable bonds is 1. The van der Waals surface area contributed by atoms with E-state index >= 15 is 0 Å².